The molecule has 0 radical (unpaired) electrons. The monoisotopic (exact) mass is 331 g/mol. The minimum absolute atomic E-state index is 0.0573. The molecule has 3 aliphatic heterocycles. The highest BCUT2D eigenvalue weighted by Crippen LogP contribution is 2.33. The third-order valence-corrected chi connectivity index (χ3v) is 4.09. The molecule has 0 aromatic carbocycles. The third-order valence-electron chi connectivity index (χ3n) is 4.09. The number of hydroxylamine groups is 1. The highest BCUT2D eigenvalue weighted by molar-refractivity contribution is 6.03. The van der Waals surface area contributed by atoms with Crippen molar-refractivity contribution in [3.8, 4) is 0 Å². The van der Waals surface area contributed by atoms with Crippen LogP contribution >= 0.6 is 0 Å². The van der Waals surface area contributed by atoms with Crippen molar-refractivity contribution in [1.29, 1.82) is 0 Å². The van der Waals surface area contributed by atoms with Gasteiger partial charge in [-0.3, -0.25) is 9.59 Å². The predicted octanol–water partition coefficient (Wildman–Crippen LogP) is -3.14. The lowest BCUT2D eigenvalue weighted by Crippen LogP contribution is -2.85. The van der Waals surface area contributed by atoms with Gasteiger partial charge in [0.25, 0.3) is 17.5 Å². The van der Waals surface area contributed by atoms with Crippen molar-refractivity contribution in [2.45, 2.75) is 36.4 Å². The maximum atomic E-state index is 12.6. The Morgan fingerprint density at radius 1 is 1.48 bits per heavy atom. The van der Waals surface area contributed by atoms with E-state index in [0.717, 1.165) is 6.92 Å². The fourth-order valence-electron chi connectivity index (χ4n) is 2.61. The number of ether oxygens (including phenoxy) is 1. The van der Waals surface area contributed by atoms with Crippen molar-refractivity contribution in [2.75, 3.05) is 20.3 Å². The van der Waals surface area contributed by atoms with Gasteiger partial charge in [0.05, 0.1) is 20.3 Å². The van der Waals surface area contributed by atoms with Gasteiger partial charge in [-0.25, -0.2) is 0 Å². The highest BCUT2D eigenvalue weighted by atomic mass is 16.6. The van der Waals surface area contributed by atoms with Crippen molar-refractivity contribution in [2.24, 2.45) is 0 Å². The molecule has 0 spiro atoms. The molecule has 0 aromatic heterocycles. The zero-order chi connectivity index (χ0) is 17.5. The van der Waals surface area contributed by atoms with E-state index in [2.05, 4.69) is 22.7 Å². The molecule has 3 rings (SSSR count). The first-order chi connectivity index (χ1) is 10.7. The summed E-state index contributed by atoms with van der Waals surface area (Å²) in [4.78, 5) is 29.9. The summed E-state index contributed by atoms with van der Waals surface area (Å²) in [5.74, 6) is -1.69. The SMILES string of the molecule is C=C1CCOC2([C@@H](O)[C@@](C)(O)CO)NC(=O)[C@@]1(NOC)NC2=O. The molecule has 2 amide bonds. The molecular formula is C13H21N3O7. The van der Waals surface area contributed by atoms with Crippen molar-refractivity contribution in [3.63, 3.8) is 0 Å². The van der Waals surface area contributed by atoms with E-state index in [4.69, 9.17) is 9.57 Å². The summed E-state index contributed by atoms with van der Waals surface area (Å²) in [6.45, 7) is 3.96. The molecule has 3 saturated heterocycles. The second-order valence-electron chi connectivity index (χ2n) is 5.82. The first-order valence-electron chi connectivity index (χ1n) is 6.95. The number of hydrogen-bond donors (Lipinski definition) is 6. The smallest absolute Gasteiger partial charge is 0.278 e. The summed E-state index contributed by atoms with van der Waals surface area (Å²) in [6, 6.07) is 0. The second-order valence-corrected chi connectivity index (χ2v) is 5.82. The Bertz CT molecular complexity index is 538. The summed E-state index contributed by atoms with van der Waals surface area (Å²) in [6.07, 6.45) is -1.74. The van der Waals surface area contributed by atoms with Gasteiger partial charge in [0, 0.05) is 0 Å². The van der Waals surface area contributed by atoms with Gasteiger partial charge in [-0.15, -0.1) is 0 Å². The number of fused-ring (bicyclic) bond motifs is 5. The van der Waals surface area contributed by atoms with Crippen LogP contribution in [0.2, 0.25) is 0 Å². The molecule has 0 aliphatic carbocycles. The molecule has 1 unspecified atom stereocenters. The third kappa shape index (κ3) is 2.53. The quantitative estimate of drug-likeness (QED) is 0.229. The van der Waals surface area contributed by atoms with E-state index in [-0.39, 0.29) is 13.0 Å². The fraction of sp³-hybridized carbons (Fsp3) is 0.692. The van der Waals surface area contributed by atoms with Crippen molar-refractivity contribution in [3.05, 3.63) is 12.2 Å². The molecular weight excluding hydrogens is 310 g/mol. The molecule has 3 heterocycles. The van der Waals surface area contributed by atoms with Crippen LogP contribution in [0.15, 0.2) is 12.2 Å². The largest absolute Gasteiger partial charge is 0.393 e. The summed E-state index contributed by atoms with van der Waals surface area (Å²) in [5.41, 5.74) is -3.36. The van der Waals surface area contributed by atoms with E-state index < -0.39 is 41.5 Å². The van der Waals surface area contributed by atoms with Crippen LogP contribution in [0.5, 0.6) is 0 Å². The van der Waals surface area contributed by atoms with E-state index in [0.29, 0.717) is 5.57 Å². The van der Waals surface area contributed by atoms with Crippen LogP contribution in [0.3, 0.4) is 0 Å². The second kappa shape index (κ2) is 5.82. The maximum absolute atomic E-state index is 12.6. The number of amides is 2. The molecule has 0 aromatic rings. The van der Waals surface area contributed by atoms with E-state index in [9.17, 15) is 24.9 Å². The minimum Gasteiger partial charge on any atom is -0.393 e. The van der Waals surface area contributed by atoms with Gasteiger partial charge in [0.2, 0.25) is 5.66 Å². The molecule has 130 valence electrons. The summed E-state index contributed by atoms with van der Waals surface area (Å²) < 4.78 is 5.39. The molecule has 6 N–H and O–H groups in total. The predicted molar refractivity (Wildman–Crippen MR) is 75.3 cm³/mol. The van der Waals surface area contributed by atoms with Crippen LogP contribution in [0.4, 0.5) is 0 Å². The van der Waals surface area contributed by atoms with Crippen LogP contribution in [0.25, 0.3) is 0 Å². The number of aliphatic hydroxyl groups excluding tert-OH is 2. The number of hydrogen-bond acceptors (Lipinski definition) is 8. The van der Waals surface area contributed by atoms with Crippen LogP contribution in [0, 0.1) is 0 Å². The average molecular weight is 331 g/mol. The Balaban J connectivity index is 2.48. The minimum atomic E-state index is -2.25. The first-order valence-corrected chi connectivity index (χ1v) is 6.95. The van der Waals surface area contributed by atoms with Gasteiger partial charge < -0.3 is 35.5 Å². The van der Waals surface area contributed by atoms with Crippen molar-refractivity contribution < 1.29 is 34.5 Å². The summed E-state index contributed by atoms with van der Waals surface area (Å²) >= 11 is 0. The van der Waals surface area contributed by atoms with Crippen LogP contribution in [0.1, 0.15) is 13.3 Å². The summed E-state index contributed by atoms with van der Waals surface area (Å²) in [7, 11) is 1.27. The molecule has 23 heavy (non-hydrogen) atoms. The van der Waals surface area contributed by atoms with Crippen molar-refractivity contribution >= 4 is 11.8 Å². The normalized spacial score (nSPS) is 34.9. The van der Waals surface area contributed by atoms with Gasteiger partial charge in [-0.2, -0.15) is 5.48 Å². The van der Waals surface area contributed by atoms with Gasteiger partial charge in [0.15, 0.2) is 0 Å². The Morgan fingerprint density at radius 3 is 2.70 bits per heavy atom. The molecule has 0 saturated carbocycles. The van der Waals surface area contributed by atoms with E-state index in [1.807, 2.05) is 0 Å². The number of rotatable bonds is 5. The summed E-state index contributed by atoms with van der Waals surface area (Å²) in [5, 5.41) is 34.3. The molecule has 3 aliphatic rings. The standard InChI is InChI=1S/C13H21N3O7/c1-7-4-5-23-13(8(18)11(2,21)6-17)10(20)14-12(7,16-22-3)9(19)15-13/h8,16-18,21H,1,4-6H2,2-3H3,(H,14,20)(H,15,19)/t8-,11-,12+,13?/m0/s1. The number of piperazine rings is 1. The first kappa shape index (κ1) is 17.8. The molecule has 10 heteroatoms. The lowest BCUT2D eigenvalue weighted by atomic mass is 9.84. The molecule has 2 bridgehead atoms. The topological polar surface area (TPSA) is 149 Å². The van der Waals surface area contributed by atoms with E-state index in [1.165, 1.54) is 7.11 Å². The lowest BCUT2D eigenvalue weighted by Gasteiger charge is -2.51. The number of nitrogens with one attached hydrogen (secondary N) is 3. The molecule has 3 fully saturated rings. The van der Waals surface area contributed by atoms with Gasteiger partial charge >= 0.3 is 0 Å². The average Bonchev–Trinajstić information content (AvgIpc) is 2.49. The zero-order valence-corrected chi connectivity index (χ0v) is 12.9. The Morgan fingerprint density at radius 2 is 2.13 bits per heavy atom. The maximum Gasteiger partial charge on any atom is 0.278 e. The molecule has 4 atom stereocenters. The van der Waals surface area contributed by atoms with Gasteiger partial charge in [-0.1, -0.05) is 6.58 Å². The van der Waals surface area contributed by atoms with Crippen LogP contribution < -0.4 is 16.1 Å². The highest BCUT2D eigenvalue weighted by Gasteiger charge is 2.63. The Hall–Kier alpha value is -1.56. The zero-order valence-electron chi connectivity index (χ0n) is 12.9. The Labute approximate surface area is 132 Å². The van der Waals surface area contributed by atoms with Crippen LogP contribution in [-0.4, -0.2) is 70.6 Å². The lowest BCUT2D eigenvalue weighted by molar-refractivity contribution is -0.226. The van der Waals surface area contributed by atoms with Gasteiger partial charge in [-0.05, 0) is 18.9 Å². The number of carbonyl (C=O) groups excluding carboxylic acids is 2. The Kier molecular flexibility index (Phi) is 4.50. The number of carbonyl (C=O) groups is 2. The van der Waals surface area contributed by atoms with Gasteiger partial charge in [0.1, 0.15) is 11.7 Å². The van der Waals surface area contributed by atoms with E-state index in [1.54, 1.807) is 0 Å². The molecule has 10 nitrogen and oxygen atoms in total. The number of aliphatic hydroxyl groups is 3. The van der Waals surface area contributed by atoms with Crippen LogP contribution in [-0.2, 0) is 19.2 Å². The van der Waals surface area contributed by atoms with Crippen molar-refractivity contribution in [1.82, 2.24) is 16.1 Å². The van der Waals surface area contributed by atoms with E-state index >= 15 is 0 Å². The fourth-order valence-corrected chi connectivity index (χ4v) is 2.61.